The molecule has 0 fully saturated rings. The van der Waals surface area contributed by atoms with Gasteiger partial charge in [-0.25, -0.2) is 0 Å². The van der Waals surface area contributed by atoms with Crippen LogP contribution in [-0.4, -0.2) is 14.9 Å². The second kappa shape index (κ2) is 5.07. The summed E-state index contributed by atoms with van der Waals surface area (Å²) in [6.07, 6.45) is -0.196. The topological polar surface area (TPSA) is 51.2 Å². The molecule has 2 aromatic heterocycles. The molecule has 0 bridgehead atoms. The number of aromatic nitrogens is 2. The third-order valence-electron chi connectivity index (χ3n) is 3.34. The van der Waals surface area contributed by atoms with Crippen molar-refractivity contribution in [3.8, 4) is 0 Å². The summed E-state index contributed by atoms with van der Waals surface area (Å²) in [5, 5.41) is 15.6. The van der Waals surface area contributed by atoms with Gasteiger partial charge in [0.1, 0.15) is 17.4 Å². The lowest BCUT2D eigenvalue weighted by Crippen LogP contribution is -2.05. The van der Waals surface area contributed by atoms with Gasteiger partial charge in [-0.15, -0.1) is 0 Å². The van der Waals surface area contributed by atoms with Crippen LogP contribution in [0.25, 0.3) is 11.0 Å². The lowest BCUT2D eigenvalue weighted by atomic mass is 10.1. The third kappa shape index (κ3) is 2.39. The minimum absolute atomic E-state index is 0.481. The Morgan fingerprint density at radius 2 is 2.20 bits per heavy atom. The Balaban J connectivity index is 1.90. The van der Waals surface area contributed by atoms with Gasteiger partial charge in [0, 0.05) is 24.5 Å². The maximum atomic E-state index is 10.3. The average molecular weight is 335 g/mol. The van der Waals surface area contributed by atoms with E-state index < -0.39 is 6.10 Å². The Labute approximate surface area is 125 Å². The zero-order chi connectivity index (χ0) is 14.3. The molecule has 0 saturated heterocycles. The molecule has 0 radical (unpaired) electrons. The van der Waals surface area contributed by atoms with Gasteiger partial charge in [-0.2, -0.15) is 5.10 Å². The van der Waals surface area contributed by atoms with Gasteiger partial charge in [-0.3, -0.25) is 4.68 Å². The van der Waals surface area contributed by atoms with Crippen LogP contribution in [0.2, 0.25) is 0 Å². The van der Waals surface area contributed by atoms with Crippen molar-refractivity contribution in [2.45, 2.75) is 19.4 Å². The van der Waals surface area contributed by atoms with Crippen LogP contribution in [0.1, 0.15) is 23.3 Å². The standard InChI is InChI=1S/C15H15BrN2O2/c1-9-6-11(18(2)17-9)8-13(19)14-7-10-4-3-5-12(16)15(10)20-14/h3-7,13,19H,8H2,1-2H3. The lowest BCUT2D eigenvalue weighted by Gasteiger charge is -2.07. The van der Waals surface area contributed by atoms with E-state index in [1.807, 2.05) is 44.3 Å². The molecule has 4 nitrogen and oxygen atoms in total. The molecule has 1 unspecified atom stereocenters. The number of aryl methyl sites for hydroxylation is 2. The van der Waals surface area contributed by atoms with Crippen molar-refractivity contribution >= 4 is 26.9 Å². The average Bonchev–Trinajstić information content (AvgIpc) is 2.94. The molecular weight excluding hydrogens is 320 g/mol. The fraction of sp³-hybridized carbons (Fsp3) is 0.267. The van der Waals surface area contributed by atoms with Crippen molar-refractivity contribution in [2.24, 2.45) is 7.05 Å². The van der Waals surface area contributed by atoms with Crippen LogP contribution in [0.15, 0.2) is 39.2 Å². The molecule has 104 valence electrons. The van der Waals surface area contributed by atoms with Gasteiger partial charge in [0.25, 0.3) is 0 Å². The number of benzene rings is 1. The van der Waals surface area contributed by atoms with Gasteiger partial charge < -0.3 is 9.52 Å². The van der Waals surface area contributed by atoms with E-state index in [-0.39, 0.29) is 0 Å². The smallest absolute Gasteiger partial charge is 0.148 e. The van der Waals surface area contributed by atoms with Gasteiger partial charge >= 0.3 is 0 Å². The van der Waals surface area contributed by atoms with Crippen LogP contribution < -0.4 is 0 Å². The van der Waals surface area contributed by atoms with E-state index in [1.165, 1.54) is 0 Å². The van der Waals surface area contributed by atoms with Crippen molar-refractivity contribution in [3.05, 3.63) is 52.0 Å². The molecule has 3 aromatic rings. The second-order valence-corrected chi connectivity index (χ2v) is 5.78. The van der Waals surface area contributed by atoms with E-state index in [0.717, 1.165) is 26.8 Å². The lowest BCUT2D eigenvalue weighted by molar-refractivity contribution is 0.150. The molecule has 2 heterocycles. The number of aliphatic hydroxyl groups excluding tert-OH is 1. The molecule has 0 saturated carbocycles. The number of halogens is 1. The number of fused-ring (bicyclic) bond motifs is 1. The van der Waals surface area contributed by atoms with E-state index >= 15 is 0 Å². The van der Waals surface area contributed by atoms with Crippen LogP contribution in [0.5, 0.6) is 0 Å². The zero-order valence-electron chi connectivity index (χ0n) is 11.3. The molecule has 5 heteroatoms. The summed E-state index contributed by atoms with van der Waals surface area (Å²) >= 11 is 3.45. The van der Waals surface area contributed by atoms with Crippen molar-refractivity contribution in [3.63, 3.8) is 0 Å². The fourth-order valence-corrected chi connectivity index (χ4v) is 2.83. The molecule has 3 rings (SSSR count). The molecule has 0 amide bonds. The van der Waals surface area contributed by atoms with Crippen molar-refractivity contribution < 1.29 is 9.52 Å². The van der Waals surface area contributed by atoms with Gasteiger partial charge in [0.15, 0.2) is 0 Å². The van der Waals surface area contributed by atoms with Gasteiger partial charge in [0.05, 0.1) is 10.2 Å². The quantitative estimate of drug-likeness (QED) is 0.797. The number of nitrogens with zero attached hydrogens (tertiary/aromatic N) is 2. The van der Waals surface area contributed by atoms with Gasteiger partial charge in [-0.1, -0.05) is 12.1 Å². The van der Waals surface area contributed by atoms with Gasteiger partial charge in [0.2, 0.25) is 0 Å². The van der Waals surface area contributed by atoms with Crippen LogP contribution in [0.3, 0.4) is 0 Å². The van der Waals surface area contributed by atoms with Crippen LogP contribution in [0.4, 0.5) is 0 Å². The Morgan fingerprint density at radius 1 is 1.40 bits per heavy atom. The monoisotopic (exact) mass is 334 g/mol. The first-order valence-electron chi connectivity index (χ1n) is 6.40. The summed E-state index contributed by atoms with van der Waals surface area (Å²) in [5.41, 5.74) is 2.69. The molecule has 20 heavy (non-hydrogen) atoms. The first-order valence-corrected chi connectivity index (χ1v) is 7.19. The summed E-state index contributed by atoms with van der Waals surface area (Å²) in [5.74, 6) is 0.575. The van der Waals surface area contributed by atoms with Crippen LogP contribution >= 0.6 is 15.9 Å². The molecule has 1 aromatic carbocycles. The van der Waals surface area contributed by atoms with Crippen LogP contribution in [0, 0.1) is 6.92 Å². The van der Waals surface area contributed by atoms with Crippen molar-refractivity contribution in [1.82, 2.24) is 9.78 Å². The van der Waals surface area contributed by atoms with E-state index in [4.69, 9.17) is 4.42 Å². The summed E-state index contributed by atoms with van der Waals surface area (Å²) in [6.45, 7) is 1.94. The van der Waals surface area contributed by atoms with Gasteiger partial charge in [-0.05, 0) is 41.1 Å². The van der Waals surface area contributed by atoms with E-state index in [1.54, 1.807) is 4.68 Å². The second-order valence-electron chi connectivity index (χ2n) is 4.93. The zero-order valence-corrected chi connectivity index (χ0v) is 12.9. The molecule has 0 aliphatic rings. The Bertz CT molecular complexity index is 760. The maximum absolute atomic E-state index is 10.3. The molecule has 1 atom stereocenters. The number of para-hydroxylation sites is 1. The van der Waals surface area contributed by atoms with E-state index in [9.17, 15) is 5.11 Å². The largest absolute Gasteiger partial charge is 0.457 e. The SMILES string of the molecule is Cc1cc(CC(O)c2cc3cccc(Br)c3o2)n(C)n1. The predicted molar refractivity (Wildman–Crippen MR) is 80.5 cm³/mol. The molecule has 0 spiro atoms. The molecule has 0 aliphatic carbocycles. The van der Waals surface area contributed by atoms with Crippen molar-refractivity contribution in [1.29, 1.82) is 0 Å². The minimum Gasteiger partial charge on any atom is -0.457 e. The summed E-state index contributed by atoms with van der Waals surface area (Å²) in [6, 6.07) is 9.69. The highest BCUT2D eigenvalue weighted by Gasteiger charge is 2.17. The van der Waals surface area contributed by atoms with Crippen LogP contribution in [-0.2, 0) is 13.5 Å². The Morgan fingerprint density at radius 3 is 2.85 bits per heavy atom. The molecular formula is C15H15BrN2O2. The Kier molecular flexibility index (Phi) is 3.40. The minimum atomic E-state index is -0.677. The number of aliphatic hydroxyl groups is 1. The summed E-state index contributed by atoms with van der Waals surface area (Å²) in [7, 11) is 1.88. The number of furan rings is 1. The van der Waals surface area contributed by atoms with E-state index in [0.29, 0.717) is 12.2 Å². The highest BCUT2D eigenvalue weighted by molar-refractivity contribution is 9.10. The first kappa shape index (κ1) is 13.4. The number of hydrogen-bond acceptors (Lipinski definition) is 3. The van der Waals surface area contributed by atoms with E-state index in [2.05, 4.69) is 21.0 Å². The third-order valence-corrected chi connectivity index (χ3v) is 3.97. The van der Waals surface area contributed by atoms with Crippen molar-refractivity contribution in [2.75, 3.05) is 0 Å². The summed E-state index contributed by atoms with van der Waals surface area (Å²) < 4.78 is 8.44. The first-order chi connectivity index (χ1) is 9.54. The molecule has 0 aliphatic heterocycles. The highest BCUT2D eigenvalue weighted by atomic mass is 79.9. The molecule has 1 N–H and O–H groups in total. The maximum Gasteiger partial charge on any atom is 0.148 e. The normalized spacial score (nSPS) is 13.0. The Hall–Kier alpha value is -1.59. The number of rotatable bonds is 3. The summed E-state index contributed by atoms with van der Waals surface area (Å²) in [4.78, 5) is 0. The fourth-order valence-electron chi connectivity index (χ4n) is 2.37. The number of hydrogen-bond donors (Lipinski definition) is 1. The predicted octanol–water partition coefficient (Wildman–Crippen LogP) is 3.51. The highest BCUT2D eigenvalue weighted by Crippen LogP contribution is 2.30.